The van der Waals surface area contributed by atoms with Crippen molar-refractivity contribution in [1.29, 1.82) is 0 Å². The van der Waals surface area contributed by atoms with E-state index in [-0.39, 0.29) is 5.91 Å². The van der Waals surface area contributed by atoms with Gasteiger partial charge in [0.2, 0.25) is 11.0 Å². The first-order chi connectivity index (χ1) is 17.6. The number of unbranched alkanes of at least 4 members (excludes halogenated alkanes) is 1. The maximum absolute atomic E-state index is 13.1. The zero-order valence-corrected chi connectivity index (χ0v) is 22.5. The van der Waals surface area contributed by atoms with Crippen LogP contribution in [0.5, 0.6) is 5.75 Å². The normalized spacial score (nSPS) is 13.6. The fourth-order valence-corrected chi connectivity index (χ4v) is 5.30. The summed E-state index contributed by atoms with van der Waals surface area (Å²) in [7, 11) is 1.68. The van der Waals surface area contributed by atoms with Gasteiger partial charge < -0.3 is 19.4 Å². The summed E-state index contributed by atoms with van der Waals surface area (Å²) in [5.74, 6) is 1.87. The fourth-order valence-electron chi connectivity index (χ4n) is 4.57. The lowest BCUT2D eigenvalue weighted by Crippen LogP contribution is -2.49. The Hall–Kier alpha value is -3.13. The van der Waals surface area contributed by atoms with Gasteiger partial charge in [-0.05, 0) is 42.7 Å². The first kappa shape index (κ1) is 25.9. The van der Waals surface area contributed by atoms with Crippen LogP contribution in [0.4, 0.5) is 10.8 Å². The first-order valence-corrected chi connectivity index (χ1v) is 13.6. The Balaban J connectivity index is 1.32. The molecule has 0 bridgehead atoms. The summed E-state index contributed by atoms with van der Waals surface area (Å²) >= 11 is 1.43. The minimum Gasteiger partial charge on any atom is -0.497 e. The van der Waals surface area contributed by atoms with E-state index < -0.39 is 0 Å². The molecule has 4 rings (SSSR count). The highest BCUT2D eigenvalue weighted by molar-refractivity contribution is 7.09. The van der Waals surface area contributed by atoms with Crippen molar-refractivity contribution in [3.8, 4) is 5.75 Å². The largest absolute Gasteiger partial charge is 0.497 e. The molecule has 1 fully saturated rings. The third kappa shape index (κ3) is 6.75. The fraction of sp³-hybridized carbons (Fsp3) is 0.464. The van der Waals surface area contributed by atoms with E-state index in [4.69, 9.17) is 9.72 Å². The minimum absolute atomic E-state index is 0.224. The first-order valence-electron chi connectivity index (χ1n) is 12.9. The molecule has 1 aliphatic heterocycles. The monoisotopic (exact) mass is 507 g/mol. The minimum atomic E-state index is 0.224. The number of rotatable bonds is 11. The number of ether oxygens (including phenoxy) is 1. The third-order valence-electron chi connectivity index (χ3n) is 6.69. The van der Waals surface area contributed by atoms with E-state index in [2.05, 4.69) is 58.4 Å². The van der Waals surface area contributed by atoms with E-state index in [9.17, 15) is 4.79 Å². The molecule has 1 aliphatic rings. The van der Waals surface area contributed by atoms with Crippen LogP contribution in [0, 0.1) is 6.92 Å². The van der Waals surface area contributed by atoms with Gasteiger partial charge in [-0.15, -0.1) is 0 Å². The van der Waals surface area contributed by atoms with Crippen LogP contribution in [0.15, 0.2) is 48.5 Å². The molecule has 36 heavy (non-hydrogen) atoms. The van der Waals surface area contributed by atoms with Crippen molar-refractivity contribution in [1.82, 2.24) is 14.3 Å². The van der Waals surface area contributed by atoms with Gasteiger partial charge >= 0.3 is 0 Å². The average Bonchev–Trinajstić information content (AvgIpc) is 3.37. The van der Waals surface area contributed by atoms with Gasteiger partial charge in [0.25, 0.3) is 0 Å². The zero-order chi connectivity index (χ0) is 25.3. The smallest absolute Gasteiger partial charge is 0.224 e. The van der Waals surface area contributed by atoms with Crippen molar-refractivity contribution >= 4 is 28.3 Å². The van der Waals surface area contributed by atoms with Gasteiger partial charge in [-0.3, -0.25) is 4.79 Å². The summed E-state index contributed by atoms with van der Waals surface area (Å²) in [6, 6.07) is 16.5. The van der Waals surface area contributed by atoms with Crippen molar-refractivity contribution in [3.63, 3.8) is 0 Å². The highest BCUT2D eigenvalue weighted by Crippen LogP contribution is 2.23. The van der Waals surface area contributed by atoms with E-state index in [0.29, 0.717) is 19.4 Å². The van der Waals surface area contributed by atoms with Crippen LogP contribution < -0.4 is 14.5 Å². The Kier molecular flexibility index (Phi) is 9.17. The van der Waals surface area contributed by atoms with E-state index in [1.54, 1.807) is 7.11 Å². The topological polar surface area (TPSA) is 61.8 Å². The second-order valence-corrected chi connectivity index (χ2v) is 10.00. The van der Waals surface area contributed by atoms with Crippen LogP contribution >= 0.6 is 11.5 Å². The van der Waals surface area contributed by atoms with Gasteiger partial charge in [0.1, 0.15) is 11.6 Å². The van der Waals surface area contributed by atoms with Gasteiger partial charge in [0.05, 0.1) is 7.11 Å². The van der Waals surface area contributed by atoms with Gasteiger partial charge in [-0.25, -0.2) is 4.98 Å². The molecule has 0 unspecified atom stereocenters. The lowest BCUT2D eigenvalue weighted by molar-refractivity contribution is -0.131. The van der Waals surface area contributed by atoms with E-state index in [1.165, 1.54) is 22.8 Å². The lowest BCUT2D eigenvalue weighted by atomic mass is 10.1. The highest BCUT2D eigenvalue weighted by atomic mass is 32.1. The quantitative estimate of drug-likeness (QED) is 0.372. The Morgan fingerprint density at radius 1 is 1.08 bits per heavy atom. The number of methoxy groups -OCH3 is 1. The second-order valence-electron chi connectivity index (χ2n) is 9.27. The predicted molar refractivity (Wildman–Crippen MR) is 147 cm³/mol. The Morgan fingerprint density at radius 3 is 2.64 bits per heavy atom. The van der Waals surface area contributed by atoms with Gasteiger partial charge in [0, 0.05) is 69.3 Å². The summed E-state index contributed by atoms with van der Waals surface area (Å²) in [4.78, 5) is 24.5. The van der Waals surface area contributed by atoms with Crippen molar-refractivity contribution in [2.24, 2.45) is 0 Å². The molecular weight excluding hydrogens is 470 g/mol. The molecule has 3 aromatic rings. The molecule has 0 spiro atoms. The number of anilines is 2. The SMILES string of the molecule is CCCCN(CCC(=O)N1CCN(c2ccccc2C)CC1)c1nc(Cc2cccc(OC)c2)ns1. The number of aromatic nitrogens is 2. The third-order valence-corrected chi connectivity index (χ3v) is 7.50. The highest BCUT2D eigenvalue weighted by Gasteiger charge is 2.23. The molecule has 192 valence electrons. The molecule has 7 nitrogen and oxygen atoms in total. The molecule has 8 heteroatoms. The molecule has 1 amide bonds. The molecule has 0 saturated carbocycles. The number of carbonyl (C=O) groups excluding carboxylic acids is 1. The number of aryl methyl sites for hydroxylation is 1. The van der Waals surface area contributed by atoms with Crippen LogP contribution in [-0.2, 0) is 11.2 Å². The molecule has 1 saturated heterocycles. The molecule has 0 atom stereocenters. The number of carbonyl (C=O) groups is 1. The summed E-state index contributed by atoms with van der Waals surface area (Å²) in [6.45, 7) is 9.18. The van der Waals surface area contributed by atoms with Crippen LogP contribution in [0.3, 0.4) is 0 Å². The van der Waals surface area contributed by atoms with Crippen LogP contribution in [0.1, 0.15) is 43.1 Å². The average molecular weight is 508 g/mol. The van der Waals surface area contributed by atoms with E-state index >= 15 is 0 Å². The van der Waals surface area contributed by atoms with Gasteiger partial charge in [-0.2, -0.15) is 4.37 Å². The van der Waals surface area contributed by atoms with Crippen molar-refractivity contribution < 1.29 is 9.53 Å². The molecule has 1 aromatic heterocycles. The molecule has 0 radical (unpaired) electrons. The standard InChI is InChI=1S/C28H37N5O2S/c1-4-5-14-33(28-29-26(30-36-28)21-23-10-8-11-24(20-23)35-3)15-13-27(34)32-18-16-31(17-19-32)25-12-7-6-9-22(25)2/h6-12,20H,4-5,13-19,21H2,1-3H3. The number of hydrogen-bond donors (Lipinski definition) is 0. The number of piperazine rings is 1. The summed E-state index contributed by atoms with van der Waals surface area (Å²) in [5, 5.41) is 0.901. The Bertz CT molecular complexity index is 1130. The van der Waals surface area contributed by atoms with Crippen molar-refractivity contribution in [2.45, 2.75) is 39.5 Å². The maximum atomic E-state index is 13.1. The number of nitrogens with zero attached hydrogens (tertiary/aromatic N) is 5. The lowest BCUT2D eigenvalue weighted by Gasteiger charge is -2.37. The Morgan fingerprint density at radius 2 is 1.89 bits per heavy atom. The second kappa shape index (κ2) is 12.7. The van der Waals surface area contributed by atoms with E-state index in [1.807, 2.05) is 23.1 Å². The van der Waals surface area contributed by atoms with Crippen molar-refractivity contribution in [2.75, 3.05) is 56.2 Å². The van der Waals surface area contributed by atoms with Gasteiger partial charge in [0.15, 0.2) is 0 Å². The number of para-hydroxylation sites is 1. The van der Waals surface area contributed by atoms with Crippen LogP contribution in [0.25, 0.3) is 0 Å². The molecule has 0 aliphatic carbocycles. The summed E-state index contributed by atoms with van der Waals surface area (Å²) < 4.78 is 9.94. The van der Waals surface area contributed by atoms with Crippen LogP contribution in [0.2, 0.25) is 0 Å². The van der Waals surface area contributed by atoms with Crippen LogP contribution in [-0.4, -0.2) is 66.5 Å². The number of amides is 1. The molecule has 2 aromatic carbocycles. The number of benzene rings is 2. The predicted octanol–water partition coefficient (Wildman–Crippen LogP) is 4.79. The molecule has 0 N–H and O–H groups in total. The van der Waals surface area contributed by atoms with Crippen molar-refractivity contribution in [3.05, 3.63) is 65.5 Å². The molecule has 2 heterocycles. The Labute approximate surface area is 218 Å². The zero-order valence-electron chi connectivity index (χ0n) is 21.7. The summed E-state index contributed by atoms with van der Waals surface area (Å²) in [5.41, 5.74) is 3.68. The maximum Gasteiger partial charge on any atom is 0.224 e. The number of hydrogen-bond acceptors (Lipinski definition) is 7. The molecular formula is C28H37N5O2S. The van der Waals surface area contributed by atoms with E-state index in [0.717, 1.165) is 67.8 Å². The summed E-state index contributed by atoms with van der Waals surface area (Å²) in [6.07, 6.45) is 3.33. The van der Waals surface area contributed by atoms with Gasteiger partial charge in [-0.1, -0.05) is 43.7 Å².